The van der Waals surface area contributed by atoms with E-state index in [9.17, 15) is 14.3 Å². The number of hydrogen-bond donors (Lipinski definition) is 1. The number of anilines is 1. The number of carbonyl (C=O) groups is 1. The van der Waals surface area contributed by atoms with Gasteiger partial charge in [-0.1, -0.05) is 18.2 Å². The van der Waals surface area contributed by atoms with Gasteiger partial charge in [-0.15, -0.1) is 0 Å². The maximum Gasteiger partial charge on any atom is 0.213 e. The average molecular weight is 392 g/mol. The van der Waals surface area contributed by atoms with E-state index in [0.717, 1.165) is 18.7 Å². The van der Waals surface area contributed by atoms with Gasteiger partial charge in [0.15, 0.2) is 5.78 Å². The van der Waals surface area contributed by atoms with E-state index >= 15 is 0 Å². The minimum Gasteiger partial charge on any atom is -0.472 e. The summed E-state index contributed by atoms with van der Waals surface area (Å²) in [6.07, 6.45) is 2.52. The van der Waals surface area contributed by atoms with Crippen molar-refractivity contribution in [1.29, 1.82) is 0 Å². The summed E-state index contributed by atoms with van der Waals surface area (Å²) in [5.74, 6) is -0.365. The Labute approximate surface area is 168 Å². The second kappa shape index (κ2) is 8.41. The normalized spacial score (nSPS) is 16.1. The molecule has 0 unspecified atom stereocenters. The lowest BCUT2D eigenvalue weighted by atomic mass is 10.00. The van der Waals surface area contributed by atoms with Crippen molar-refractivity contribution in [1.82, 2.24) is 4.98 Å². The Morgan fingerprint density at radius 2 is 2.00 bits per heavy atom. The van der Waals surface area contributed by atoms with Crippen LogP contribution in [0.1, 0.15) is 27.9 Å². The monoisotopic (exact) mass is 392 g/mol. The van der Waals surface area contributed by atoms with Gasteiger partial charge in [0.05, 0.1) is 18.7 Å². The zero-order valence-corrected chi connectivity index (χ0v) is 15.8. The lowest BCUT2D eigenvalue weighted by molar-refractivity contribution is 0.103. The molecule has 2 aromatic carbocycles. The molecule has 1 aromatic heterocycles. The molecule has 0 radical (unpaired) electrons. The van der Waals surface area contributed by atoms with Gasteiger partial charge in [-0.25, -0.2) is 9.37 Å². The van der Waals surface area contributed by atoms with Crippen molar-refractivity contribution >= 4 is 11.5 Å². The van der Waals surface area contributed by atoms with Crippen LogP contribution in [0.2, 0.25) is 0 Å². The number of pyridine rings is 1. The highest BCUT2D eigenvalue weighted by atomic mass is 19.1. The van der Waals surface area contributed by atoms with Crippen LogP contribution in [-0.4, -0.2) is 35.1 Å². The first kappa shape index (κ1) is 19.1. The van der Waals surface area contributed by atoms with Gasteiger partial charge in [-0.2, -0.15) is 0 Å². The molecular weight excluding hydrogens is 371 g/mol. The molecule has 148 valence electrons. The second-order valence-corrected chi connectivity index (χ2v) is 6.95. The summed E-state index contributed by atoms with van der Waals surface area (Å²) in [5.41, 5.74) is 1.85. The van der Waals surface area contributed by atoms with Crippen LogP contribution in [0.5, 0.6) is 5.88 Å². The molecule has 0 aliphatic carbocycles. The molecule has 1 N–H and O–H groups in total. The average Bonchev–Trinajstić information content (AvgIpc) is 3.22. The third kappa shape index (κ3) is 4.12. The fourth-order valence-corrected chi connectivity index (χ4v) is 3.59. The number of aliphatic hydroxyl groups excluding tert-OH is 1. The van der Waals surface area contributed by atoms with E-state index in [1.165, 1.54) is 12.1 Å². The lowest BCUT2D eigenvalue weighted by Crippen LogP contribution is -2.25. The Morgan fingerprint density at radius 1 is 1.17 bits per heavy atom. The molecule has 0 bridgehead atoms. The van der Waals surface area contributed by atoms with Crippen molar-refractivity contribution in [2.45, 2.75) is 19.1 Å². The summed E-state index contributed by atoms with van der Waals surface area (Å²) in [4.78, 5) is 19.0. The van der Waals surface area contributed by atoms with Crippen molar-refractivity contribution in [3.05, 3.63) is 89.4 Å². The molecule has 1 aliphatic rings. The van der Waals surface area contributed by atoms with Crippen LogP contribution in [0, 0.1) is 5.82 Å². The molecule has 1 saturated heterocycles. The third-order valence-electron chi connectivity index (χ3n) is 5.04. The molecular formula is C23H21FN2O3. The van der Waals surface area contributed by atoms with Gasteiger partial charge >= 0.3 is 0 Å². The number of halogens is 1. The first-order valence-corrected chi connectivity index (χ1v) is 9.51. The van der Waals surface area contributed by atoms with E-state index in [1.54, 1.807) is 30.5 Å². The molecule has 29 heavy (non-hydrogen) atoms. The molecule has 6 heteroatoms. The third-order valence-corrected chi connectivity index (χ3v) is 5.04. The molecule has 1 atom stereocenters. The summed E-state index contributed by atoms with van der Waals surface area (Å²) >= 11 is 0. The van der Waals surface area contributed by atoms with Gasteiger partial charge in [-0.05, 0) is 36.4 Å². The molecule has 0 amide bonds. The van der Waals surface area contributed by atoms with Gasteiger partial charge in [-0.3, -0.25) is 4.79 Å². The highest BCUT2D eigenvalue weighted by Crippen LogP contribution is 2.28. The first-order chi connectivity index (χ1) is 14.2. The quantitative estimate of drug-likeness (QED) is 0.650. The van der Waals surface area contributed by atoms with Crippen molar-refractivity contribution in [2.24, 2.45) is 0 Å². The fourth-order valence-electron chi connectivity index (χ4n) is 3.59. The number of benzene rings is 2. The maximum atomic E-state index is 14.0. The highest BCUT2D eigenvalue weighted by molar-refractivity contribution is 6.09. The van der Waals surface area contributed by atoms with Crippen LogP contribution in [0.3, 0.4) is 0 Å². The maximum absolute atomic E-state index is 14.0. The number of hydrogen-bond acceptors (Lipinski definition) is 5. The number of aliphatic hydroxyl groups is 1. The molecule has 4 rings (SSSR count). The standard InChI is InChI=1S/C23H21FN2O3/c24-20-6-2-1-5-19(20)23(28)16-8-9-21(17(13-16)15-27)26-12-10-18(14-26)29-22-7-3-4-11-25-22/h1-9,11,13,18,27H,10,12,14-15H2/t18-/m0/s1. The summed E-state index contributed by atoms with van der Waals surface area (Å²) in [6, 6.07) is 16.6. The van der Waals surface area contributed by atoms with Gasteiger partial charge in [0, 0.05) is 42.0 Å². The van der Waals surface area contributed by atoms with E-state index in [1.807, 2.05) is 24.3 Å². The topological polar surface area (TPSA) is 62.7 Å². The molecule has 0 spiro atoms. The van der Waals surface area contributed by atoms with Crippen LogP contribution < -0.4 is 9.64 Å². The SMILES string of the molecule is O=C(c1ccc(N2CC[C@H](Oc3ccccn3)C2)c(CO)c1)c1ccccc1F. The zero-order chi connectivity index (χ0) is 20.2. The highest BCUT2D eigenvalue weighted by Gasteiger charge is 2.26. The predicted octanol–water partition coefficient (Wildman–Crippen LogP) is 3.60. The number of ether oxygens (including phenoxy) is 1. The summed E-state index contributed by atoms with van der Waals surface area (Å²) in [7, 11) is 0. The molecule has 0 saturated carbocycles. The van der Waals surface area contributed by atoms with E-state index in [0.29, 0.717) is 23.6 Å². The van der Waals surface area contributed by atoms with Crippen LogP contribution >= 0.6 is 0 Å². The Kier molecular flexibility index (Phi) is 5.53. The zero-order valence-electron chi connectivity index (χ0n) is 15.8. The molecule has 1 fully saturated rings. The molecule has 5 nitrogen and oxygen atoms in total. The van der Waals surface area contributed by atoms with E-state index < -0.39 is 11.6 Å². The Hall–Kier alpha value is -3.25. The summed E-state index contributed by atoms with van der Waals surface area (Å²) < 4.78 is 19.9. The van der Waals surface area contributed by atoms with Gasteiger partial charge in [0.25, 0.3) is 0 Å². The van der Waals surface area contributed by atoms with E-state index in [2.05, 4.69) is 9.88 Å². The Morgan fingerprint density at radius 3 is 2.76 bits per heavy atom. The smallest absolute Gasteiger partial charge is 0.213 e. The van der Waals surface area contributed by atoms with Gasteiger partial charge < -0.3 is 14.7 Å². The van der Waals surface area contributed by atoms with E-state index in [4.69, 9.17) is 4.74 Å². The number of ketones is 1. The van der Waals surface area contributed by atoms with Gasteiger partial charge in [0.2, 0.25) is 5.88 Å². The Bertz CT molecular complexity index is 1010. The number of carbonyl (C=O) groups excluding carboxylic acids is 1. The molecule has 2 heterocycles. The lowest BCUT2D eigenvalue weighted by Gasteiger charge is -2.22. The van der Waals surface area contributed by atoms with Crippen molar-refractivity contribution in [2.75, 3.05) is 18.0 Å². The van der Waals surface area contributed by atoms with E-state index in [-0.39, 0.29) is 18.3 Å². The van der Waals surface area contributed by atoms with Crippen molar-refractivity contribution in [3.63, 3.8) is 0 Å². The minimum absolute atomic E-state index is 0.00355. The van der Waals surface area contributed by atoms with Crippen LogP contribution in [0.15, 0.2) is 66.9 Å². The minimum atomic E-state index is -0.554. The molecule has 1 aliphatic heterocycles. The fraction of sp³-hybridized carbons (Fsp3) is 0.217. The first-order valence-electron chi connectivity index (χ1n) is 9.51. The largest absolute Gasteiger partial charge is 0.472 e. The van der Waals surface area contributed by atoms with Crippen LogP contribution in [0.25, 0.3) is 0 Å². The Balaban J connectivity index is 1.52. The predicted molar refractivity (Wildman–Crippen MR) is 108 cm³/mol. The van der Waals surface area contributed by atoms with Crippen molar-refractivity contribution < 1.29 is 19.0 Å². The summed E-state index contributed by atoms with van der Waals surface area (Å²) in [5, 5.41) is 9.86. The van der Waals surface area contributed by atoms with Crippen LogP contribution in [0.4, 0.5) is 10.1 Å². The second-order valence-electron chi connectivity index (χ2n) is 6.95. The van der Waals surface area contributed by atoms with Gasteiger partial charge in [0.1, 0.15) is 11.9 Å². The van der Waals surface area contributed by atoms with Crippen LogP contribution in [-0.2, 0) is 6.61 Å². The summed E-state index contributed by atoms with van der Waals surface area (Å²) in [6.45, 7) is 1.21. The number of rotatable bonds is 6. The number of nitrogens with zero attached hydrogens (tertiary/aromatic N) is 2. The van der Waals surface area contributed by atoms with Crippen molar-refractivity contribution in [3.8, 4) is 5.88 Å². The molecule has 3 aromatic rings. The number of aromatic nitrogens is 1.